The highest BCUT2D eigenvalue weighted by Crippen LogP contribution is 2.70. The number of rotatable bonds is 4. The van der Waals surface area contributed by atoms with Crippen molar-refractivity contribution in [3.63, 3.8) is 0 Å². The zero-order chi connectivity index (χ0) is 21.9. The van der Waals surface area contributed by atoms with E-state index in [2.05, 4.69) is 6.92 Å². The van der Waals surface area contributed by atoms with Crippen LogP contribution in [0.3, 0.4) is 0 Å². The minimum atomic E-state index is -1.22. The van der Waals surface area contributed by atoms with Crippen molar-refractivity contribution in [2.75, 3.05) is 5.88 Å². The number of alkyl halides is 5. The Labute approximate surface area is 202 Å². The van der Waals surface area contributed by atoms with Crippen molar-refractivity contribution in [2.45, 2.75) is 66.6 Å². The Kier molecular flexibility index (Phi) is 6.30. The van der Waals surface area contributed by atoms with E-state index in [1.54, 1.807) is 12.2 Å². The molecule has 0 bridgehead atoms. The van der Waals surface area contributed by atoms with Gasteiger partial charge in [0, 0.05) is 16.7 Å². The van der Waals surface area contributed by atoms with Gasteiger partial charge in [-0.2, -0.15) is 0 Å². The van der Waals surface area contributed by atoms with E-state index < -0.39 is 21.1 Å². The summed E-state index contributed by atoms with van der Waals surface area (Å²) >= 11 is 32.4. The summed E-state index contributed by atoms with van der Waals surface area (Å²) in [4.78, 5) is 22.2. The lowest BCUT2D eigenvalue weighted by Gasteiger charge is -2.63. The monoisotopic (exact) mass is 512 g/mol. The molecule has 0 aromatic heterocycles. The third kappa shape index (κ3) is 3.21. The van der Waals surface area contributed by atoms with E-state index in [0.717, 1.165) is 24.8 Å². The first kappa shape index (κ1) is 23.2. The first-order valence-corrected chi connectivity index (χ1v) is 12.6. The normalized spacial score (nSPS) is 44.9. The summed E-state index contributed by atoms with van der Waals surface area (Å²) in [6.45, 7) is 2.10. The van der Waals surface area contributed by atoms with Gasteiger partial charge in [0.15, 0.2) is 5.78 Å². The lowest BCUT2D eigenvalue weighted by Crippen LogP contribution is -2.65. The van der Waals surface area contributed by atoms with Crippen LogP contribution in [0.1, 0.15) is 45.4 Å². The molecule has 0 aromatic carbocycles. The molecular formula is C22H25Cl5O3. The zero-order valence-electron chi connectivity index (χ0n) is 16.7. The van der Waals surface area contributed by atoms with Crippen LogP contribution >= 0.6 is 58.0 Å². The summed E-state index contributed by atoms with van der Waals surface area (Å²) in [5.74, 6) is 0.156. The minimum Gasteiger partial charge on any atom is -0.460 e. The molecule has 8 heteroatoms. The number of fused-ring (bicyclic) bond motifs is 5. The molecular weight excluding hydrogens is 490 g/mol. The minimum absolute atomic E-state index is 0.00385. The SMILES string of the molecule is C[C@]12C=CC(=O)C=C1CC[C@H]1[C@@H]3CC[C@@H](OC(=O)C(Cl)Cl)[C@@]3(CCCl)C[C@H](Cl)[C@@]12Cl. The average molecular weight is 515 g/mol. The number of allylic oxidation sites excluding steroid dienone is 4. The highest BCUT2D eigenvalue weighted by molar-refractivity contribution is 6.52. The quantitative estimate of drug-likeness (QED) is 0.332. The van der Waals surface area contributed by atoms with E-state index in [4.69, 9.17) is 62.7 Å². The molecule has 4 rings (SSSR count). The average Bonchev–Trinajstić information content (AvgIpc) is 3.01. The van der Waals surface area contributed by atoms with E-state index in [9.17, 15) is 9.59 Å². The Hall–Kier alpha value is 0.0700. The van der Waals surface area contributed by atoms with Crippen molar-refractivity contribution < 1.29 is 14.3 Å². The molecule has 4 aliphatic carbocycles. The predicted octanol–water partition coefficient (Wildman–Crippen LogP) is 6.20. The predicted molar refractivity (Wildman–Crippen MR) is 122 cm³/mol. The first-order valence-electron chi connectivity index (χ1n) is 10.4. The molecule has 3 saturated carbocycles. The van der Waals surface area contributed by atoms with Crippen molar-refractivity contribution in [3.8, 4) is 0 Å². The fourth-order valence-corrected chi connectivity index (χ4v) is 8.55. The summed E-state index contributed by atoms with van der Waals surface area (Å²) in [5, 5.41) is -0.378. The van der Waals surface area contributed by atoms with E-state index in [1.165, 1.54) is 0 Å². The van der Waals surface area contributed by atoms with Gasteiger partial charge in [-0.1, -0.05) is 41.8 Å². The van der Waals surface area contributed by atoms with Gasteiger partial charge in [0.1, 0.15) is 6.10 Å². The molecule has 3 nitrogen and oxygen atoms in total. The molecule has 0 aliphatic heterocycles. The van der Waals surface area contributed by atoms with Gasteiger partial charge in [-0.15, -0.1) is 34.8 Å². The number of carbonyl (C=O) groups excluding carboxylic acids is 2. The maximum atomic E-state index is 12.2. The second kappa shape index (κ2) is 8.13. The lowest BCUT2D eigenvalue weighted by atomic mass is 9.47. The second-order valence-corrected chi connectivity index (χ2v) is 11.9. The number of ether oxygens (including phenoxy) is 1. The molecule has 0 unspecified atom stereocenters. The van der Waals surface area contributed by atoms with Crippen LogP contribution in [0.25, 0.3) is 0 Å². The summed E-state index contributed by atoms with van der Waals surface area (Å²) < 4.78 is 5.77. The lowest BCUT2D eigenvalue weighted by molar-refractivity contribution is -0.158. The Morgan fingerprint density at radius 1 is 1.27 bits per heavy atom. The van der Waals surface area contributed by atoms with E-state index >= 15 is 0 Å². The van der Waals surface area contributed by atoms with Gasteiger partial charge in [0.05, 0.1) is 10.3 Å². The van der Waals surface area contributed by atoms with Crippen LogP contribution in [0, 0.1) is 22.7 Å². The molecule has 0 heterocycles. The Balaban J connectivity index is 1.74. The number of hydrogen-bond acceptors (Lipinski definition) is 3. The topological polar surface area (TPSA) is 43.4 Å². The maximum absolute atomic E-state index is 12.2. The number of esters is 1. The van der Waals surface area contributed by atoms with Crippen molar-refractivity contribution >= 4 is 69.8 Å². The van der Waals surface area contributed by atoms with E-state index in [-0.39, 0.29) is 34.5 Å². The third-order valence-corrected chi connectivity index (χ3v) is 10.3. The summed E-state index contributed by atoms with van der Waals surface area (Å²) in [6, 6.07) is 0. The number of halogens is 5. The van der Waals surface area contributed by atoms with Gasteiger partial charge in [0.25, 0.3) is 0 Å². The van der Waals surface area contributed by atoms with Gasteiger partial charge in [-0.3, -0.25) is 4.79 Å². The highest BCUT2D eigenvalue weighted by atomic mass is 35.5. The fourth-order valence-electron chi connectivity index (χ4n) is 6.89. The van der Waals surface area contributed by atoms with Crippen LogP contribution in [0.5, 0.6) is 0 Å². The molecule has 0 saturated heterocycles. The van der Waals surface area contributed by atoms with Crippen molar-refractivity contribution in [1.82, 2.24) is 0 Å². The van der Waals surface area contributed by atoms with Crippen LogP contribution in [-0.2, 0) is 14.3 Å². The molecule has 4 aliphatic rings. The van der Waals surface area contributed by atoms with Crippen molar-refractivity contribution in [2.24, 2.45) is 22.7 Å². The van der Waals surface area contributed by atoms with Gasteiger partial charge in [-0.25, -0.2) is 4.79 Å². The van der Waals surface area contributed by atoms with E-state index in [0.29, 0.717) is 25.1 Å². The molecule has 0 N–H and O–H groups in total. The zero-order valence-corrected chi connectivity index (χ0v) is 20.5. The van der Waals surface area contributed by atoms with Crippen LogP contribution in [-0.4, -0.2) is 38.8 Å². The van der Waals surface area contributed by atoms with Crippen LogP contribution in [0.2, 0.25) is 0 Å². The van der Waals surface area contributed by atoms with Crippen LogP contribution < -0.4 is 0 Å². The fraction of sp³-hybridized carbons (Fsp3) is 0.727. The van der Waals surface area contributed by atoms with Gasteiger partial charge >= 0.3 is 5.97 Å². The summed E-state index contributed by atoms with van der Waals surface area (Å²) in [6.07, 6.45) is 9.48. The number of hydrogen-bond donors (Lipinski definition) is 0. The number of carbonyl (C=O) groups is 2. The summed E-state index contributed by atoms with van der Waals surface area (Å²) in [5.41, 5.74) is 0.225. The van der Waals surface area contributed by atoms with Crippen molar-refractivity contribution in [1.29, 1.82) is 0 Å². The first-order chi connectivity index (χ1) is 14.1. The molecule has 30 heavy (non-hydrogen) atoms. The second-order valence-electron chi connectivity index (χ2n) is 9.27. The Morgan fingerprint density at radius 2 is 2.00 bits per heavy atom. The van der Waals surface area contributed by atoms with Crippen LogP contribution in [0.4, 0.5) is 0 Å². The molecule has 0 radical (unpaired) electrons. The Morgan fingerprint density at radius 3 is 2.67 bits per heavy atom. The molecule has 3 fully saturated rings. The standard InChI is InChI=1S/C22H25Cl5O3/c1-20-7-6-13(28)10-12(20)2-3-15-14-4-5-17(30-19(29)18(25)26)21(14,8-9-23)11-16(24)22(15,20)27/h6-7,10,14-18H,2-5,8-9,11H2,1H3/t14-,15-,16-,17+,20-,21-,22-/m0/s1. The molecule has 7 atom stereocenters. The summed E-state index contributed by atoms with van der Waals surface area (Å²) in [7, 11) is 0. The number of ketones is 1. The van der Waals surface area contributed by atoms with Crippen LogP contribution in [0.15, 0.2) is 23.8 Å². The maximum Gasteiger partial charge on any atom is 0.339 e. The van der Waals surface area contributed by atoms with Crippen molar-refractivity contribution in [3.05, 3.63) is 23.8 Å². The largest absolute Gasteiger partial charge is 0.460 e. The molecule has 0 aromatic rings. The molecule has 0 amide bonds. The van der Waals surface area contributed by atoms with Gasteiger partial charge in [0.2, 0.25) is 4.84 Å². The third-order valence-electron chi connectivity index (χ3n) is 8.24. The molecule has 166 valence electrons. The molecule has 0 spiro atoms. The Bertz CT molecular complexity index is 811. The smallest absolute Gasteiger partial charge is 0.339 e. The highest BCUT2D eigenvalue weighted by Gasteiger charge is 2.70. The van der Waals surface area contributed by atoms with Gasteiger partial charge in [-0.05, 0) is 62.5 Å². The van der Waals surface area contributed by atoms with Gasteiger partial charge < -0.3 is 4.74 Å². The van der Waals surface area contributed by atoms with E-state index in [1.807, 2.05) is 6.08 Å².